The Morgan fingerprint density at radius 1 is 1.38 bits per heavy atom. The third-order valence-electron chi connectivity index (χ3n) is 3.83. The van der Waals surface area contributed by atoms with E-state index >= 15 is 0 Å². The van der Waals surface area contributed by atoms with Gasteiger partial charge in [0, 0.05) is 0 Å². The first kappa shape index (κ1) is 14.3. The monoisotopic (exact) mass is 314 g/mol. The third kappa shape index (κ3) is 2.49. The highest BCUT2D eigenvalue weighted by atomic mass is 32.2. The Morgan fingerprint density at radius 3 is 2.76 bits per heavy atom. The molecular weight excluding hydrogens is 299 g/mol. The number of rotatable bonds is 1. The van der Waals surface area contributed by atoms with Crippen LogP contribution in [0.25, 0.3) is 0 Å². The Kier molecular flexibility index (Phi) is 3.58. The van der Waals surface area contributed by atoms with Gasteiger partial charge < -0.3 is 10.2 Å². The molecule has 1 aliphatic carbocycles. The minimum atomic E-state index is -1.89. The van der Waals surface area contributed by atoms with Crippen LogP contribution in [0, 0.1) is 5.82 Å². The van der Waals surface area contributed by atoms with Crippen molar-refractivity contribution >= 4 is 22.8 Å². The summed E-state index contributed by atoms with van der Waals surface area (Å²) in [4.78, 5) is 11.3. The van der Waals surface area contributed by atoms with Gasteiger partial charge in [-0.2, -0.15) is 0 Å². The van der Waals surface area contributed by atoms with Gasteiger partial charge in [0.15, 0.2) is 5.82 Å². The summed E-state index contributed by atoms with van der Waals surface area (Å²) in [6.07, 6.45) is 1.28. The highest BCUT2D eigenvalue weighted by Crippen LogP contribution is 2.38. The van der Waals surface area contributed by atoms with Crippen LogP contribution in [0.15, 0.2) is 6.07 Å². The van der Waals surface area contributed by atoms with E-state index in [0.29, 0.717) is 36.8 Å². The largest absolute Gasteiger partial charge is 0.506 e. The molecular formula is C13H15FN2O4S. The number of phenolic OH excluding ortho intramolecular Hbond substituents is 1. The van der Waals surface area contributed by atoms with Gasteiger partial charge >= 0.3 is 0 Å². The molecule has 1 heterocycles. The number of aliphatic hydroxyl groups excluding tert-OH is 1. The normalized spacial score (nSPS) is 25.4. The van der Waals surface area contributed by atoms with Crippen LogP contribution in [0.5, 0.6) is 5.75 Å². The zero-order chi connectivity index (χ0) is 15.1. The number of hydrogen-bond acceptors (Lipinski definition) is 4. The fourth-order valence-electron chi connectivity index (χ4n) is 2.76. The van der Waals surface area contributed by atoms with Gasteiger partial charge in [-0.05, 0) is 42.9 Å². The van der Waals surface area contributed by atoms with Crippen molar-refractivity contribution < 1.29 is 23.6 Å². The van der Waals surface area contributed by atoms with E-state index in [9.17, 15) is 23.6 Å². The molecule has 1 amide bonds. The number of aliphatic hydroxyl groups is 1. The molecule has 114 valence electrons. The lowest BCUT2D eigenvalue weighted by Gasteiger charge is -2.19. The lowest BCUT2D eigenvalue weighted by Crippen LogP contribution is -2.24. The van der Waals surface area contributed by atoms with E-state index in [4.69, 9.17) is 0 Å². The van der Waals surface area contributed by atoms with Gasteiger partial charge in [-0.3, -0.25) is 13.8 Å². The van der Waals surface area contributed by atoms with Crippen LogP contribution >= 0.6 is 0 Å². The number of carbonyl (C=O) groups is 1. The number of hydrogen-bond donors (Lipinski definition) is 3. The summed E-state index contributed by atoms with van der Waals surface area (Å²) in [6, 6.07) is 1.44. The average molecular weight is 314 g/mol. The molecule has 0 aromatic heterocycles. The van der Waals surface area contributed by atoms with E-state index in [-0.39, 0.29) is 18.0 Å². The number of anilines is 1. The fourth-order valence-corrected chi connectivity index (χ4v) is 3.70. The summed E-state index contributed by atoms with van der Waals surface area (Å²) in [5, 5.41) is 19.7. The number of fused-ring (bicyclic) bond motifs is 1. The zero-order valence-corrected chi connectivity index (χ0v) is 12.0. The van der Waals surface area contributed by atoms with Gasteiger partial charge in [0.25, 0.3) is 5.91 Å². The summed E-state index contributed by atoms with van der Waals surface area (Å²) >= 11 is -1.89. The molecule has 2 atom stereocenters. The maximum Gasteiger partial charge on any atom is 0.253 e. The molecule has 3 N–H and O–H groups in total. The molecule has 0 radical (unpaired) electrons. The smallest absolute Gasteiger partial charge is 0.253 e. The first-order chi connectivity index (χ1) is 9.97. The molecule has 6 nitrogen and oxygen atoms in total. The van der Waals surface area contributed by atoms with Gasteiger partial charge in [0.05, 0.1) is 6.10 Å². The first-order valence-electron chi connectivity index (χ1n) is 6.67. The van der Waals surface area contributed by atoms with E-state index in [1.807, 2.05) is 0 Å². The highest BCUT2D eigenvalue weighted by molar-refractivity contribution is 7.85. The van der Waals surface area contributed by atoms with E-state index in [0.717, 1.165) is 4.31 Å². The van der Waals surface area contributed by atoms with Gasteiger partial charge in [-0.25, -0.2) is 8.60 Å². The van der Waals surface area contributed by atoms with E-state index in [2.05, 4.69) is 4.72 Å². The molecule has 2 unspecified atom stereocenters. The van der Waals surface area contributed by atoms with Gasteiger partial charge in [-0.15, -0.1) is 0 Å². The Labute approximate surface area is 123 Å². The molecule has 0 spiro atoms. The highest BCUT2D eigenvalue weighted by Gasteiger charge is 2.33. The van der Waals surface area contributed by atoms with Crippen LogP contribution in [-0.4, -0.2) is 33.0 Å². The lowest BCUT2D eigenvalue weighted by atomic mass is 10.0. The van der Waals surface area contributed by atoms with Crippen molar-refractivity contribution in [1.82, 2.24) is 4.72 Å². The second-order valence-corrected chi connectivity index (χ2v) is 6.38. The van der Waals surface area contributed by atoms with Gasteiger partial charge in [-0.1, -0.05) is 0 Å². The summed E-state index contributed by atoms with van der Waals surface area (Å²) in [6.45, 7) is -0.265. The molecule has 8 heteroatoms. The predicted octanol–water partition coefficient (Wildman–Crippen LogP) is 0.286. The minimum absolute atomic E-state index is 0.221. The summed E-state index contributed by atoms with van der Waals surface area (Å²) in [5.74, 6) is -1.49. The number of phenols is 1. The Bertz CT molecular complexity index is 637. The summed E-state index contributed by atoms with van der Waals surface area (Å²) in [7, 11) is 0. The second kappa shape index (κ2) is 5.27. The number of carbonyl (C=O) groups excluding carboxylic acids is 1. The molecule has 0 bridgehead atoms. The summed E-state index contributed by atoms with van der Waals surface area (Å²) in [5.41, 5.74) is 0.840. The number of nitrogens with one attached hydrogen (secondary N) is 1. The standard InChI is InChI=1S/C13H15FN2O4S/c14-12-9-4-3-8(17)2-1-7(9)5-10(18)13(12)16-6-11(19)15-21(16)20/h5,8,17-18H,1-4,6H2,(H,15,19). The Morgan fingerprint density at radius 2 is 2.10 bits per heavy atom. The van der Waals surface area contributed by atoms with Crippen LogP contribution < -0.4 is 9.03 Å². The van der Waals surface area contributed by atoms with Crippen LogP contribution in [0.3, 0.4) is 0 Å². The molecule has 1 aliphatic heterocycles. The maximum atomic E-state index is 14.7. The topological polar surface area (TPSA) is 89.9 Å². The van der Waals surface area contributed by atoms with E-state index in [1.54, 1.807) is 0 Å². The predicted molar refractivity (Wildman–Crippen MR) is 74.3 cm³/mol. The van der Waals surface area contributed by atoms with Crippen molar-refractivity contribution in [1.29, 1.82) is 0 Å². The zero-order valence-electron chi connectivity index (χ0n) is 11.1. The molecule has 1 aromatic carbocycles. The van der Waals surface area contributed by atoms with Crippen molar-refractivity contribution in [3.05, 3.63) is 23.0 Å². The van der Waals surface area contributed by atoms with Crippen LogP contribution in [0.4, 0.5) is 10.1 Å². The first-order valence-corrected chi connectivity index (χ1v) is 7.78. The minimum Gasteiger partial charge on any atom is -0.506 e. The molecule has 3 rings (SSSR count). The molecule has 2 aliphatic rings. The van der Waals surface area contributed by atoms with Gasteiger partial charge in [0.1, 0.15) is 18.0 Å². The molecule has 1 saturated heterocycles. The SMILES string of the molecule is O=C1CN(c2c(O)cc3c(c2F)CCC(O)CC3)S(=O)N1. The van der Waals surface area contributed by atoms with Crippen molar-refractivity contribution in [2.75, 3.05) is 10.8 Å². The quantitative estimate of drug-likeness (QED) is 0.650. The third-order valence-corrected chi connectivity index (χ3v) is 4.94. The van der Waals surface area contributed by atoms with Crippen molar-refractivity contribution in [3.8, 4) is 5.75 Å². The van der Waals surface area contributed by atoms with E-state index in [1.165, 1.54) is 6.07 Å². The molecule has 1 aromatic rings. The Balaban J connectivity index is 2.07. The van der Waals surface area contributed by atoms with Crippen molar-refractivity contribution in [2.24, 2.45) is 0 Å². The average Bonchev–Trinajstić information content (AvgIpc) is 2.62. The van der Waals surface area contributed by atoms with Crippen molar-refractivity contribution in [3.63, 3.8) is 0 Å². The van der Waals surface area contributed by atoms with Gasteiger partial charge in [0.2, 0.25) is 11.2 Å². The number of aryl methyl sites for hydroxylation is 1. The second-order valence-electron chi connectivity index (χ2n) is 5.24. The number of halogens is 1. The van der Waals surface area contributed by atoms with Crippen LogP contribution in [-0.2, 0) is 28.8 Å². The fraction of sp³-hybridized carbons (Fsp3) is 0.462. The number of aromatic hydroxyl groups is 1. The van der Waals surface area contributed by atoms with Crippen molar-refractivity contribution in [2.45, 2.75) is 31.8 Å². The lowest BCUT2D eigenvalue weighted by molar-refractivity contribution is -0.117. The molecule has 21 heavy (non-hydrogen) atoms. The van der Waals surface area contributed by atoms with Crippen LogP contribution in [0.2, 0.25) is 0 Å². The number of benzene rings is 1. The molecule has 0 saturated carbocycles. The molecule has 1 fully saturated rings. The van der Waals surface area contributed by atoms with E-state index < -0.39 is 29.0 Å². The number of nitrogens with zero attached hydrogens (tertiary/aromatic N) is 1. The maximum absolute atomic E-state index is 14.7. The summed E-state index contributed by atoms with van der Waals surface area (Å²) < 4.78 is 29.7. The Hall–Kier alpha value is -1.67. The number of amides is 1. The van der Waals surface area contributed by atoms with Crippen LogP contribution in [0.1, 0.15) is 24.0 Å².